The van der Waals surface area contributed by atoms with E-state index in [9.17, 15) is 9.90 Å². The van der Waals surface area contributed by atoms with Crippen LogP contribution in [0, 0.1) is 6.92 Å². The van der Waals surface area contributed by atoms with Crippen LogP contribution in [-0.4, -0.2) is 17.2 Å². The van der Waals surface area contributed by atoms with Crippen molar-refractivity contribution in [1.82, 2.24) is 5.43 Å². The number of carbonyl (C=O) groups is 1. The topological polar surface area (TPSA) is 70.9 Å². The van der Waals surface area contributed by atoms with Crippen LogP contribution >= 0.6 is 0 Å². The van der Waals surface area contributed by atoms with E-state index in [1.54, 1.807) is 24.4 Å². The van der Waals surface area contributed by atoms with Crippen LogP contribution in [0.4, 0.5) is 0 Å². The number of carbonyl (C=O) groups excluding carboxylic acids is 1. The van der Waals surface area contributed by atoms with Gasteiger partial charge in [0.1, 0.15) is 17.3 Å². The quantitative estimate of drug-likeness (QED) is 0.281. The van der Waals surface area contributed by atoms with Crippen molar-refractivity contribution in [3.63, 3.8) is 0 Å². The first kappa shape index (κ1) is 22.2. The Kier molecular flexibility index (Phi) is 6.14. The molecule has 1 unspecified atom stereocenters. The number of allylic oxidation sites excluding steroid dienone is 1. The van der Waals surface area contributed by atoms with Crippen LogP contribution in [0.3, 0.4) is 0 Å². The summed E-state index contributed by atoms with van der Waals surface area (Å²) in [6.07, 6.45) is 1.65. The van der Waals surface area contributed by atoms with E-state index < -0.39 is 5.91 Å². The molecular weight excluding hydrogens is 436 g/mol. The summed E-state index contributed by atoms with van der Waals surface area (Å²) < 4.78 is 6.42. The van der Waals surface area contributed by atoms with Gasteiger partial charge in [0.2, 0.25) is 0 Å². The van der Waals surface area contributed by atoms with E-state index in [4.69, 9.17) is 4.74 Å². The van der Waals surface area contributed by atoms with Gasteiger partial charge in [-0.1, -0.05) is 84.9 Å². The third-order valence-corrected chi connectivity index (χ3v) is 6.07. The van der Waals surface area contributed by atoms with Gasteiger partial charge in [-0.2, -0.15) is 5.10 Å². The number of nitrogens with one attached hydrogen (secondary N) is 1. The van der Waals surface area contributed by atoms with Crippen LogP contribution in [0.15, 0.2) is 114 Å². The zero-order valence-corrected chi connectivity index (χ0v) is 19.2. The summed E-state index contributed by atoms with van der Waals surface area (Å²) in [4.78, 5) is 12.6. The number of hydrazone groups is 1. The minimum atomic E-state index is -0.495. The Morgan fingerprint density at radius 1 is 0.857 bits per heavy atom. The fraction of sp³-hybridized carbons (Fsp3) is 0.0667. The number of ether oxygens (including phenoxy) is 1. The zero-order valence-electron chi connectivity index (χ0n) is 19.2. The van der Waals surface area contributed by atoms with Gasteiger partial charge in [0.05, 0.1) is 11.8 Å². The number of aromatic hydroxyl groups is 1. The summed E-state index contributed by atoms with van der Waals surface area (Å²) in [6.45, 7) is 2.09. The molecule has 1 aliphatic heterocycles. The third kappa shape index (κ3) is 4.44. The average Bonchev–Trinajstić information content (AvgIpc) is 2.89. The summed E-state index contributed by atoms with van der Waals surface area (Å²) in [5, 5.41) is 14.3. The van der Waals surface area contributed by atoms with Crippen LogP contribution in [0.2, 0.25) is 0 Å². The Morgan fingerprint density at radius 3 is 2.29 bits per heavy atom. The molecule has 0 fully saturated rings. The van der Waals surface area contributed by atoms with Crippen molar-refractivity contribution in [1.29, 1.82) is 0 Å². The molecule has 5 nitrogen and oxygen atoms in total. The Labute approximate surface area is 204 Å². The number of para-hydroxylation sites is 2. The zero-order chi connectivity index (χ0) is 24.2. The van der Waals surface area contributed by atoms with E-state index in [1.807, 2.05) is 60.7 Å². The number of phenolic OH excluding ortho intramolecular Hbond substituents is 1. The Bertz CT molecular complexity index is 1440. The SMILES string of the molecule is Cc1ccccc1C1C(C=NNC(=O)c2ccccc2O)=C(c2ccccc2)Oc2ccccc21. The van der Waals surface area contributed by atoms with E-state index >= 15 is 0 Å². The number of nitrogens with zero attached hydrogens (tertiary/aromatic N) is 1. The van der Waals surface area contributed by atoms with Gasteiger partial charge in [-0.05, 0) is 36.2 Å². The highest BCUT2D eigenvalue weighted by Gasteiger charge is 2.31. The van der Waals surface area contributed by atoms with Crippen LogP contribution in [0.5, 0.6) is 11.5 Å². The molecule has 5 rings (SSSR count). The number of hydrogen-bond acceptors (Lipinski definition) is 4. The maximum absolute atomic E-state index is 12.6. The van der Waals surface area contributed by atoms with Crippen molar-refractivity contribution in [2.24, 2.45) is 5.10 Å². The van der Waals surface area contributed by atoms with Gasteiger partial charge < -0.3 is 9.84 Å². The lowest BCUT2D eigenvalue weighted by Gasteiger charge is -2.30. The Balaban J connectivity index is 1.62. The van der Waals surface area contributed by atoms with Crippen LogP contribution in [-0.2, 0) is 0 Å². The first-order valence-electron chi connectivity index (χ1n) is 11.4. The number of phenols is 1. The van der Waals surface area contributed by atoms with Gasteiger partial charge in [-0.3, -0.25) is 4.79 Å². The minimum absolute atomic E-state index is 0.0999. The van der Waals surface area contributed by atoms with E-state index in [-0.39, 0.29) is 17.2 Å². The second kappa shape index (κ2) is 9.69. The molecular formula is C30H24N2O3. The predicted molar refractivity (Wildman–Crippen MR) is 138 cm³/mol. The molecule has 4 aromatic carbocycles. The number of rotatable bonds is 5. The summed E-state index contributed by atoms with van der Waals surface area (Å²) in [5.74, 6) is 0.720. The fourth-order valence-electron chi connectivity index (χ4n) is 4.36. The van der Waals surface area contributed by atoms with Crippen molar-refractivity contribution in [3.05, 3.63) is 137 Å². The highest BCUT2D eigenvalue weighted by Crippen LogP contribution is 2.45. The van der Waals surface area contributed by atoms with E-state index in [0.29, 0.717) is 5.76 Å². The van der Waals surface area contributed by atoms with E-state index in [1.165, 1.54) is 6.07 Å². The lowest BCUT2D eigenvalue weighted by molar-refractivity contribution is 0.0952. The maximum atomic E-state index is 12.6. The first-order chi connectivity index (χ1) is 17.1. The van der Waals surface area contributed by atoms with Crippen LogP contribution in [0.1, 0.15) is 38.5 Å². The normalized spacial score (nSPS) is 14.9. The van der Waals surface area contributed by atoms with Crippen molar-refractivity contribution >= 4 is 17.9 Å². The van der Waals surface area contributed by atoms with Gasteiger partial charge in [0.25, 0.3) is 5.91 Å². The van der Waals surface area contributed by atoms with Crippen molar-refractivity contribution in [3.8, 4) is 11.5 Å². The molecule has 172 valence electrons. The number of hydrogen-bond donors (Lipinski definition) is 2. The summed E-state index contributed by atoms with van der Waals surface area (Å²) in [5.41, 5.74) is 7.74. The van der Waals surface area contributed by atoms with Crippen LogP contribution < -0.4 is 10.2 Å². The highest BCUT2D eigenvalue weighted by molar-refractivity contribution is 5.98. The van der Waals surface area contributed by atoms with Crippen molar-refractivity contribution < 1.29 is 14.6 Å². The number of benzene rings is 4. The third-order valence-electron chi connectivity index (χ3n) is 6.07. The molecule has 0 saturated carbocycles. The van der Waals surface area contributed by atoms with Crippen molar-refractivity contribution in [2.45, 2.75) is 12.8 Å². The standard InChI is InChI=1S/C30H24N2O3/c1-20-11-5-6-14-22(20)28-24-16-8-10-18-27(24)35-29(21-12-3-2-4-13-21)25(28)19-31-32-30(34)23-15-7-9-17-26(23)33/h2-19,28,33H,1H3,(H,32,34). The molecule has 0 spiro atoms. The molecule has 1 heterocycles. The smallest absolute Gasteiger partial charge is 0.275 e. The Hall–Kier alpha value is -4.64. The number of amides is 1. The van der Waals surface area contributed by atoms with E-state index in [0.717, 1.165) is 33.6 Å². The first-order valence-corrected chi connectivity index (χ1v) is 11.4. The maximum Gasteiger partial charge on any atom is 0.275 e. The fourth-order valence-corrected chi connectivity index (χ4v) is 4.36. The molecule has 0 saturated heterocycles. The largest absolute Gasteiger partial charge is 0.507 e. The van der Waals surface area contributed by atoms with E-state index in [2.05, 4.69) is 35.7 Å². The lowest BCUT2D eigenvalue weighted by atomic mass is 9.80. The molecule has 0 bridgehead atoms. The monoisotopic (exact) mass is 460 g/mol. The molecule has 35 heavy (non-hydrogen) atoms. The molecule has 1 atom stereocenters. The van der Waals surface area contributed by atoms with Crippen molar-refractivity contribution in [2.75, 3.05) is 0 Å². The number of fused-ring (bicyclic) bond motifs is 1. The van der Waals surface area contributed by atoms with Gasteiger partial charge in [0.15, 0.2) is 0 Å². The second-order valence-corrected chi connectivity index (χ2v) is 8.30. The van der Waals surface area contributed by atoms with Gasteiger partial charge in [-0.15, -0.1) is 0 Å². The molecule has 0 radical (unpaired) electrons. The lowest BCUT2D eigenvalue weighted by Crippen LogP contribution is -2.21. The molecule has 2 N–H and O–H groups in total. The molecule has 5 heteroatoms. The van der Waals surface area contributed by atoms with Gasteiger partial charge in [0, 0.05) is 22.6 Å². The van der Waals surface area contributed by atoms with Gasteiger partial charge >= 0.3 is 0 Å². The summed E-state index contributed by atoms with van der Waals surface area (Å²) in [6, 6.07) is 32.5. The summed E-state index contributed by atoms with van der Waals surface area (Å²) in [7, 11) is 0. The minimum Gasteiger partial charge on any atom is -0.507 e. The molecule has 1 aliphatic rings. The molecule has 0 aromatic heterocycles. The second-order valence-electron chi connectivity index (χ2n) is 8.30. The Morgan fingerprint density at radius 2 is 1.51 bits per heavy atom. The predicted octanol–water partition coefficient (Wildman–Crippen LogP) is 6.05. The molecule has 4 aromatic rings. The van der Waals surface area contributed by atoms with Crippen LogP contribution in [0.25, 0.3) is 5.76 Å². The molecule has 1 amide bonds. The highest BCUT2D eigenvalue weighted by atomic mass is 16.5. The summed E-state index contributed by atoms with van der Waals surface area (Å²) >= 11 is 0. The average molecular weight is 461 g/mol. The molecule has 0 aliphatic carbocycles. The number of aryl methyl sites for hydroxylation is 1. The van der Waals surface area contributed by atoms with Gasteiger partial charge in [-0.25, -0.2) is 5.43 Å².